The summed E-state index contributed by atoms with van der Waals surface area (Å²) < 4.78 is 0. The molecule has 1 atom stereocenters. The number of hydrogen-bond donors (Lipinski definition) is 3. The Balaban J connectivity index is 2.05. The molecule has 0 radical (unpaired) electrons. The highest BCUT2D eigenvalue weighted by atomic mass is 32.2. The van der Waals surface area contributed by atoms with E-state index >= 15 is 0 Å². The van der Waals surface area contributed by atoms with E-state index in [0.717, 1.165) is 5.56 Å². The fraction of sp³-hybridized carbons (Fsp3) is 0.353. The van der Waals surface area contributed by atoms with E-state index < -0.39 is 5.25 Å². The van der Waals surface area contributed by atoms with Gasteiger partial charge in [-0.15, -0.1) is 5.10 Å². The van der Waals surface area contributed by atoms with Crippen molar-refractivity contribution >= 4 is 46.1 Å². The maximum Gasteiger partial charge on any atom is 0.240 e. The van der Waals surface area contributed by atoms with Gasteiger partial charge in [-0.25, -0.2) is 0 Å². The van der Waals surface area contributed by atoms with Crippen molar-refractivity contribution in [2.75, 3.05) is 11.9 Å². The first kappa shape index (κ1) is 19.6. The number of rotatable bonds is 6. The first-order valence-corrected chi connectivity index (χ1v) is 9.01. The standard InChI is InChI=1S/C17H21N5O3S/c1-4-18-15(24)9-14-16(25)20-17(26-14)22-21-10(2)12-6-5-7-13(8-12)19-11(3)23/h5-8,14H,4,9H2,1-3H3,(H,18,24)(H,19,23)(H,20,22,25)/b21-10+. The van der Waals surface area contributed by atoms with Gasteiger partial charge in [0.1, 0.15) is 5.25 Å². The molecule has 26 heavy (non-hydrogen) atoms. The van der Waals surface area contributed by atoms with Crippen molar-refractivity contribution in [2.24, 2.45) is 10.2 Å². The number of nitrogens with zero attached hydrogens (tertiary/aromatic N) is 2. The van der Waals surface area contributed by atoms with E-state index in [1.165, 1.54) is 18.7 Å². The molecule has 0 aromatic heterocycles. The molecule has 1 aliphatic rings. The van der Waals surface area contributed by atoms with Crippen LogP contribution in [0.25, 0.3) is 0 Å². The van der Waals surface area contributed by atoms with E-state index in [2.05, 4.69) is 26.2 Å². The second kappa shape index (κ2) is 9.14. The summed E-state index contributed by atoms with van der Waals surface area (Å²) in [5.74, 6) is -0.573. The summed E-state index contributed by atoms with van der Waals surface area (Å²) in [6.07, 6.45) is 0.102. The maximum absolute atomic E-state index is 11.9. The Morgan fingerprint density at radius 3 is 2.77 bits per heavy atom. The van der Waals surface area contributed by atoms with Crippen LogP contribution in [0.15, 0.2) is 34.5 Å². The Morgan fingerprint density at radius 2 is 2.08 bits per heavy atom. The molecule has 1 saturated heterocycles. The number of amidine groups is 1. The van der Waals surface area contributed by atoms with Crippen LogP contribution in [0, 0.1) is 0 Å². The second-order valence-electron chi connectivity index (χ2n) is 5.61. The third-order valence-electron chi connectivity index (χ3n) is 3.41. The van der Waals surface area contributed by atoms with E-state index in [1.54, 1.807) is 25.1 Å². The van der Waals surface area contributed by atoms with Crippen molar-refractivity contribution in [3.05, 3.63) is 29.8 Å². The highest BCUT2D eigenvalue weighted by Gasteiger charge is 2.32. The molecule has 138 valence electrons. The smallest absolute Gasteiger partial charge is 0.240 e. The summed E-state index contributed by atoms with van der Waals surface area (Å²) >= 11 is 1.19. The third kappa shape index (κ3) is 5.69. The molecule has 1 fully saturated rings. The lowest BCUT2D eigenvalue weighted by Crippen LogP contribution is -2.31. The Labute approximate surface area is 155 Å². The van der Waals surface area contributed by atoms with E-state index in [9.17, 15) is 14.4 Å². The number of nitrogens with one attached hydrogen (secondary N) is 3. The monoisotopic (exact) mass is 375 g/mol. The van der Waals surface area contributed by atoms with Crippen LogP contribution in [0.2, 0.25) is 0 Å². The average Bonchev–Trinajstić information content (AvgIpc) is 2.92. The number of carbonyl (C=O) groups excluding carboxylic acids is 3. The molecule has 0 aliphatic carbocycles. The minimum absolute atomic E-state index is 0.102. The van der Waals surface area contributed by atoms with Crippen LogP contribution in [-0.2, 0) is 14.4 Å². The summed E-state index contributed by atoms with van der Waals surface area (Å²) in [6.45, 7) is 5.58. The first-order valence-electron chi connectivity index (χ1n) is 8.13. The minimum Gasteiger partial charge on any atom is -0.356 e. The molecule has 0 bridgehead atoms. The quantitative estimate of drug-likeness (QED) is 0.516. The van der Waals surface area contributed by atoms with E-state index in [-0.39, 0.29) is 24.1 Å². The molecule has 0 saturated carbocycles. The van der Waals surface area contributed by atoms with Gasteiger partial charge in [0, 0.05) is 25.6 Å². The van der Waals surface area contributed by atoms with Crippen LogP contribution in [0.3, 0.4) is 0 Å². The largest absolute Gasteiger partial charge is 0.356 e. The predicted molar refractivity (Wildman–Crippen MR) is 103 cm³/mol. The lowest BCUT2D eigenvalue weighted by atomic mass is 10.1. The third-order valence-corrected chi connectivity index (χ3v) is 4.48. The van der Waals surface area contributed by atoms with Gasteiger partial charge in [0.15, 0.2) is 5.17 Å². The van der Waals surface area contributed by atoms with E-state index in [1.807, 2.05) is 13.0 Å². The van der Waals surface area contributed by atoms with Gasteiger partial charge in [-0.1, -0.05) is 23.9 Å². The van der Waals surface area contributed by atoms with Gasteiger partial charge in [0.2, 0.25) is 17.7 Å². The molecule has 1 unspecified atom stereocenters. The lowest BCUT2D eigenvalue weighted by molar-refractivity contribution is -0.125. The Hall–Kier alpha value is -2.68. The molecular weight excluding hydrogens is 354 g/mol. The summed E-state index contributed by atoms with van der Waals surface area (Å²) in [7, 11) is 0. The number of carbonyl (C=O) groups is 3. The van der Waals surface area contributed by atoms with Gasteiger partial charge in [0.25, 0.3) is 0 Å². The second-order valence-corrected chi connectivity index (χ2v) is 6.80. The number of hydrogen-bond acceptors (Lipinski definition) is 6. The molecule has 2 rings (SSSR count). The van der Waals surface area contributed by atoms with Gasteiger partial charge in [-0.2, -0.15) is 5.10 Å². The van der Waals surface area contributed by atoms with Gasteiger partial charge < -0.3 is 16.0 Å². The number of thioether (sulfide) groups is 1. The summed E-state index contributed by atoms with van der Waals surface area (Å²) in [5, 5.41) is 16.1. The highest BCUT2D eigenvalue weighted by Crippen LogP contribution is 2.22. The topological polar surface area (TPSA) is 112 Å². The molecular formula is C17H21N5O3S. The molecule has 3 N–H and O–H groups in total. The van der Waals surface area contributed by atoms with E-state index in [0.29, 0.717) is 23.1 Å². The lowest BCUT2D eigenvalue weighted by Gasteiger charge is -2.05. The zero-order valence-corrected chi connectivity index (χ0v) is 15.6. The highest BCUT2D eigenvalue weighted by molar-refractivity contribution is 8.15. The van der Waals surface area contributed by atoms with Crippen LogP contribution >= 0.6 is 11.8 Å². The molecule has 3 amide bonds. The SMILES string of the molecule is CCNC(=O)CC1S/C(=N\N=C(/C)c2cccc(NC(C)=O)c2)NC1=O. The molecule has 9 heteroatoms. The molecule has 1 aromatic carbocycles. The first-order chi connectivity index (χ1) is 12.4. The van der Waals surface area contributed by atoms with Gasteiger partial charge in [0.05, 0.1) is 5.71 Å². The number of benzene rings is 1. The zero-order valence-electron chi connectivity index (χ0n) is 14.8. The van der Waals surface area contributed by atoms with Crippen LogP contribution in [0.5, 0.6) is 0 Å². The molecule has 1 heterocycles. The minimum atomic E-state index is -0.501. The molecule has 0 spiro atoms. The van der Waals surface area contributed by atoms with Crippen LogP contribution < -0.4 is 16.0 Å². The van der Waals surface area contributed by atoms with Gasteiger partial charge in [-0.05, 0) is 31.5 Å². The maximum atomic E-state index is 11.9. The fourth-order valence-corrected chi connectivity index (χ4v) is 3.15. The van der Waals surface area contributed by atoms with Gasteiger partial charge in [-0.3, -0.25) is 14.4 Å². The van der Waals surface area contributed by atoms with Crippen LogP contribution in [0.1, 0.15) is 32.8 Å². The van der Waals surface area contributed by atoms with Crippen molar-refractivity contribution < 1.29 is 14.4 Å². The summed E-state index contributed by atoms with van der Waals surface area (Å²) in [4.78, 5) is 34.7. The Kier molecular flexibility index (Phi) is 6.90. The predicted octanol–water partition coefficient (Wildman–Crippen LogP) is 1.48. The summed E-state index contributed by atoms with van der Waals surface area (Å²) in [5.41, 5.74) is 2.10. The fourth-order valence-electron chi connectivity index (χ4n) is 2.23. The van der Waals surface area contributed by atoms with Crippen molar-refractivity contribution in [3.63, 3.8) is 0 Å². The van der Waals surface area contributed by atoms with Crippen molar-refractivity contribution in [3.8, 4) is 0 Å². The molecule has 1 aromatic rings. The van der Waals surface area contributed by atoms with Gasteiger partial charge >= 0.3 is 0 Å². The Bertz CT molecular complexity index is 775. The van der Waals surface area contributed by atoms with Crippen LogP contribution in [0.4, 0.5) is 5.69 Å². The normalized spacial score (nSPS) is 18.6. The van der Waals surface area contributed by atoms with Crippen molar-refractivity contribution in [1.29, 1.82) is 0 Å². The zero-order chi connectivity index (χ0) is 19.1. The van der Waals surface area contributed by atoms with E-state index in [4.69, 9.17) is 0 Å². The van der Waals surface area contributed by atoms with Crippen LogP contribution in [-0.4, -0.2) is 40.4 Å². The van der Waals surface area contributed by atoms with Crippen molar-refractivity contribution in [2.45, 2.75) is 32.4 Å². The number of amides is 3. The molecule has 8 nitrogen and oxygen atoms in total. The number of anilines is 1. The van der Waals surface area contributed by atoms with Crippen molar-refractivity contribution in [1.82, 2.24) is 10.6 Å². The average molecular weight is 375 g/mol. The summed E-state index contributed by atoms with van der Waals surface area (Å²) in [6, 6.07) is 7.23. The molecule has 1 aliphatic heterocycles. The Morgan fingerprint density at radius 1 is 1.31 bits per heavy atom.